The summed E-state index contributed by atoms with van der Waals surface area (Å²) in [5, 5.41) is 6.54. The molecule has 40 heavy (non-hydrogen) atoms. The molecule has 0 unspecified atom stereocenters. The molecule has 1 saturated heterocycles. The van der Waals surface area contributed by atoms with Gasteiger partial charge in [0.05, 0.1) is 23.2 Å². The second-order valence-electron chi connectivity index (χ2n) is 9.87. The Hall–Kier alpha value is -3.69. The average molecular weight is 561 g/mol. The van der Waals surface area contributed by atoms with Crippen molar-refractivity contribution in [1.82, 2.24) is 14.9 Å². The second-order valence-corrected chi connectivity index (χ2v) is 10.7. The van der Waals surface area contributed by atoms with Crippen LogP contribution >= 0.6 is 11.8 Å². The number of aromatic nitrogens is 2. The highest BCUT2D eigenvalue weighted by Crippen LogP contribution is 2.38. The van der Waals surface area contributed by atoms with E-state index in [1.165, 1.54) is 0 Å². The first-order valence-corrected chi connectivity index (χ1v) is 14.8. The van der Waals surface area contributed by atoms with Gasteiger partial charge in [-0.2, -0.15) is 0 Å². The van der Waals surface area contributed by atoms with E-state index in [-0.39, 0.29) is 5.91 Å². The van der Waals surface area contributed by atoms with Crippen LogP contribution in [0.15, 0.2) is 59.8 Å². The van der Waals surface area contributed by atoms with E-state index < -0.39 is 0 Å². The van der Waals surface area contributed by atoms with Crippen molar-refractivity contribution in [2.45, 2.75) is 31.6 Å². The number of amides is 1. The summed E-state index contributed by atoms with van der Waals surface area (Å²) in [5.41, 5.74) is 5.20. The van der Waals surface area contributed by atoms with Gasteiger partial charge in [0.1, 0.15) is 29.1 Å². The van der Waals surface area contributed by atoms with Gasteiger partial charge < -0.3 is 24.8 Å². The van der Waals surface area contributed by atoms with Crippen LogP contribution in [0.5, 0.6) is 17.2 Å². The Labute approximate surface area is 239 Å². The molecule has 9 heteroatoms. The minimum atomic E-state index is -0.0681. The van der Waals surface area contributed by atoms with Crippen LogP contribution in [-0.2, 0) is 4.74 Å². The predicted octanol–water partition coefficient (Wildman–Crippen LogP) is 6.44. The molecule has 2 heterocycles. The van der Waals surface area contributed by atoms with Crippen LogP contribution in [0.3, 0.4) is 0 Å². The number of aryl methyl sites for hydroxylation is 1. The van der Waals surface area contributed by atoms with E-state index in [0.29, 0.717) is 23.8 Å². The molecule has 1 aliphatic heterocycles. The number of nitrogens with zero attached hydrogens (tertiary/aromatic N) is 2. The maximum absolute atomic E-state index is 12.5. The normalized spacial score (nSPS) is 13.8. The first kappa shape index (κ1) is 27.9. The van der Waals surface area contributed by atoms with Crippen LogP contribution in [0.25, 0.3) is 16.7 Å². The van der Waals surface area contributed by atoms with Crippen LogP contribution in [0.4, 0.5) is 5.69 Å². The molecule has 8 nitrogen and oxygen atoms in total. The minimum Gasteiger partial charge on any atom is -0.497 e. The summed E-state index contributed by atoms with van der Waals surface area (Å²) in [7, 11) is 1.66. The summed E-state index contributed by atoms with van der Waals surface area (Å²) in [5.74, 6) is 2.73. The van der Waals surface area contributed by atoms with Crippen molar-refractivity contribution < 1.29 is 19.0 Å². The third kappa shape index (κ3) is 6.05. The lowest BCUT2D eigenvalue weighted by Crippen LogP contribution is -2.23. The number of fused-ring (bicyclic) bond motifs is 1. The van der Waals surface area contributed by atoms with Crippen molar-refractivity contribution in [3.8, 4) is 22.9 Å². The molecule has 0 bridgehead atoms. The number of rotatable bonds is 10. The largest absolute Gasteiger partial charge is 0.497 e. The highest BCUT2D eigenvalue weighted by atomic mass is 32.2. The summed E-state index contributed by atoms with van der Waals surface area (Å²) in [6.45, 7) is 6.91. The minimum absolute atomic E-state index is 0.0681. The molecule has 0 aliphatic carbocycles. The summed E-state index contributed by atoms with van der Waals surface area (Å²) < 4.78 is 19.5. The number of anilines is 1. The Bertz CT molecular complexity index is 1500. The Morgan fingerprint density at radius 1 is 1.12 bits per heavy atom. The molecule has 4 aromatic rings. The van der Waals surface area contributed by atoms with Crippen molar-refractivity contribution in [3.63, 3.8) is 0 Å². The summed E-state index contributed by atoms with van der Waals surface area (Å²) in [6, 6.07) is 15.7. The third-order valence-corrected chi connectivity index (χ3v) is 7.97. The third-order valence-electron chi connectivity index (χ3n) is 7.22. The Morgan fingerprint density at radius 3 is 2.67 bits per heavy atom. The first-order valence-electron chi connectivity index (χ1n) is 13.6. The van der Waals surface area contributed by atoms with E-state index in [1.54, 1.807) is 18.9 Å². The van der Waals surface area contributed by atoms with Gasteiger partial charge >= 0.3 is 0 Å². The quantitative estimate of drug-likeness (QED) is 0.216. The molecule has 0 spiro atoms. The zero-order valence-electron chi connectivity index (χ0n) is 23.5. The number of hydrogen-bond donors (Lipinski definition) is 2. The molecule has 210 valence electrons. The van der Waals surface area contributed by atoms with Crippen molar-refractivity contribution in [2.75, 3.05) is 45.0 Å². The molecule has 5 rings (SSSR count). The lowest BCUT2D eigenvalue weighted by molar-refractivity contribution is 0.0699. The van der Waals surface area contributed by atoms with Crippen LogP contribution in [0.2, 0.25) is 0 Å². The topological polar surface area (TPSA) is 86.6 Å². The van der Waals surface area contributed by atoms with Gasteiger partial charge in [0, 0.05) is 49.7 Å². The van der Waals surface area contributed by atoms with Crippen LogP contribution < -0.4 is 20.1 Å². The highest BCUT2D eigenvalue weighted by molar-refractivity contribution is 7.98. The van der Waals surface area contributed by atoms with Gasteiger partial charge in [-0.25, -0.2) is 4.98 Å². The summed E-state index contributed by atoms with van der Waals surface area (Å²) in [6.07, 6.45) is 5.94. The standard InChI is InChI=1S/C31H36N4O4S/c1-5-32-31(36)25-8-6-22(14-20(25)2)35-19-34-30-26(33-18-21-10-12-38-13-11-21)15-24(16-27(30)35)39-28-9-7-23(37-3)17-29(28)40-4/h6-9,14-17,19,21,33H,5,10-13,18H2,1-4H3,(H,32,36). The number of carbonyl (C=O) groups excluding carboxylic acids is 1. The zero-order valence-corrected chi connectivity index (χ0v) is 24.3. The molecule has 0 radical (unpaired) electrons. The van der Waals surface area contributed by atoms with Crippen LogP contribution in [-0.4, -0.2) is 55.1 Å². The van der Waals surface area contributed by atoms with E-state index >= 15 is 0 Å². The number of hydrogen-bond acceptors (Lipinski definition) is 7. The molecule has 1 aliphatic rings. The van der Waals surface area contributed by atoms with Gasteiger partial charge in [-0.3, -0.25) is 9.36 Å². The fourth-order valence-corrected chi connectivity index (χ4v) is 5.53. The number of carbonyl (C=O) groups is 1. The Kier molecular flexibility index (Phi) is 8.81. The molecule has 0 saturated carbocycles. The lowest BCUT2D eigenvalue weighted by Gasteiger charge is -2.23. The van der Waals surface area contributed by atoms with Crippen molar-refractivity contribution in [3.05, 3.63) is 66.0 Å². The van der Waals surface area contributed by atoms with Gasteiger partial charge in [0.2, 0.25) is 0 Å². The van der Waals surface area contributed by atoms with Gasteiger partial charge in [-0.1, -0.05) is 0 Å². The van der Waals surface area contributed by atoms with E-state index in [2.05, 4.69) is 10.6 Å². The fourth-order valence-electron chi connectivity index (χ4n) is 4.99. The first-order chi connectivity index (χ1) is 19.5. The second kappa shape index (κ2) is 12.7. The molecular formula is C31H36N4O4S. The molecule has 0 atom stereocenters. The van der Waals surface area contributed by atoms with Crippen molar-refractivity contribution >= 4 is 34.4 Å². The maximum atomic E-state index is 12.5. The molecular weight excluding hydrogens is 524 g/mol. The van der Waals surface area contributed by atoms with Gasteiger partial charge in [-0.15, -0.1) is 11.8 Å². The van der Waals surface area contributed by atoms with Crippen molar-refractivity contribution in [2.24, 2.45) is 5.92 Å². The monoisotopic (exact) mass is 560 g/mol. The summed E-state index contributed by atoms with van der Waals surface area (Å²) >= 11 is 1.61. The lowest BCUT2D eigenvalue weighted by atomic mass is 10.0. The van der Waals surface area contributed by atoms with Gasteiger partial charge in [0.25, 0.3) is 5.91 Å². The van der Waals surface area contributed by atoms with Crippen LogP contribution in [0.1, 0.15) is 35.7 Å². The highest BCUT2D eigenvalue weighted by Gasteiger charge is 2.18. The number of methoxy groups -OCH3 is 1. The zero-order chi connectivity index (χ0) is 28.1. The molecule has 3 aromatic carbocycles. The number of benzene rings is 3. The van der Waals surface area contributed by atoms with Gasteiger partial charge in [0.15, 0.2) is 0 Å². The van der Waals surface area contributed by atoms with E-state index in [1.807, 2.05) is 79.5 Å². The maximum Gasteiger partial charge on any atom is 0.251 e. The van der Waals surface area contributed by atoms with E-state index in [4.69, 9.17) is 19.2 Å². The molecule has 1 amide bonds. The summed E-state index contributed by atoms with van der Waals surface area (Å²) in [4.78, 5) is 18.2. The SMILES string of the molecule is CCNC(=O)c1ccc(-n2cnc3c(NCC4CCOCC4)cc(Oc4ccc(OC)cc4SC)cc32)cc1C. The average Bonchev–Trinajstić information content (AvgIpc) is 3.41. The predicted molar refractivity (Wildman–Crippen MR) is 161 cm³/mol. The van der Waals surface area contributed by atoms with Crippen LogP contribution in [0, 0.1) is 12.8 Å². The Balaban J connectivity index is 1.54. The fraction of sp³-hybridized carbons (Fsp3) is 0.355. The Morgan fingerprint density at radius 2 is 1.95 bits per heavy atom. The van der Waals surface area contributed by atoms with Gasteiger partial charge in [-0.05, 0) is 80.8 Å². The van der Waals surface area contributed by atoms with E-state index in [0.717, 1.165) is 77.0 Å². The number of thioether (sulfide) groups is 1. The van der Waals surface area contributed by atoms with Crippen molar-refractivity contribution in [1.29, 1.82) is 0 Å². The number of nitrogens with one attached hydrogen (secondary N) is 2. The molecule has 1 fully saturated rings. The number of imidazole rings is 1. The number of ether oxygens (including phenoxy) is 3. The molecule has 2 N–H and O–H groups in total. The smallest absolute Gasteiger partial charge is 0.251 e. The molecule has 1 aromatic heterocycles. The van der Waals surface area contributed by atoms with E-state index in [9.17, 15) is 4.79 Å².